The Bertz CT molecular complexity index is 1320. The maximum absolute atomic E-state index is 13.4. The van der Waals surface area contributed by atoms with E-state index in [0.29, 0.717) is 34.2 Å². The number of aromatic nitrogens is 2. The molecule has 0 saturated heterocycles. The second-order valence-corrected chi connectivity index (χ2v) is 13.0. The standard InChI is InChI=1S/C20H21N4O3PS3/c1-4-17-18-19(24(21-17)31(25,26)16-11-5-13(2)6-12-16)22-28(30,23-20(18)29)15-9-7-14(27-3)8-10-15/h5-12H,4H2,1-3H3,(H2,22,23,29,30). The lowest BCUT2D eigenvalue weighted by Crippen LogP contribution is -2.35. The molecule has 0 fully saturated rings. The summed E-state index contributed by atoms with van der Waals surface area (Å²) in [4.78, 5) is 0.546. The summed E-state index contributed by atoms with van der Waals surface area (Å²) < 4.78 is 33.1. The van der Waals surface area contributed by atoms with Crippen LogP contribution in [-0.2, 0) is 28.3 Å². The highest BCUT2D eigenvalue weighted by Crippen LogP contribution is 2.47. The first-order valence-corrected chi connectivity index (χ1v) is 14.1. The first-order valence-electron chi connectivity index (χ1n) is 9.49. The number of nitrogens with zero attached hydrogens (tertiary/aromatic N) is 2. The third-order valence-corrected chi connectivity index (χ3v) is 10.3. The highest BCUT2D eigenvalue weighted by atomic mass is 32.4. The molecular formula is C20H21N4O3PS3. The van der Waals surface area contributed by atoms with Crippen molar-refractivity contribution in [2.24, 2.45) is 0 Å². The number of aryl methyl sites for hydroxylation is 2. The summed E-state index contributed by atoms with van der Waals surface area (Å²) in [5.41, 5.74) is 2.13. The Labute approximate surface area is 192 Å². The lowest BCUT2D eigenvalue weighted by Gasteiger charge is -2.32. The van der Waals surface area contributed by atoms with E-state index < -0.39 is 16.4 Å². The van der Waals surface area contributed by atoms with E-state index in [2.05, 4.69) is 15.3 Å². The van der Waals surface area contributed by atoms with E-state index >= 15 is 0 Å². The summed E-state index contributed by atoms with van der Waals surface area (Å²) in [6.07, 6.45) is -2.14. The highest BCUT2D eigenvalue weighted by molar-refractivity contribution is 8.18. The van der Waals surface area contributed by atoms with Gasteiger partial charge in [0.25, 0.3) is 10.0 Å². The summed E-state index contributed by atoms with van der Waals surface area (Å²) in [5, 5.41) is 11.7. The third kappa shape index (κ3) is 3.78. The Morgan fingerprint density at radius 2 is 1.74 bits per heavy atom. The fourth-order valence-electron chi connectivity index (χ4n) is 3.31. The van der Waals surface area contributed by atoms with Gasteiger partial charge in [0.2, 0.25) is 0 Å². The minimum atomic E-state index is -3.95. The second-order valence-electron chi connectivity index (χ2n) is 7.04. The van der Waals surface area contributed by atoms with E-state index in [1.165, 1.54) is 0 Å². The van der Waals surface area contributed by atoms with Gasteiger partial charge in [0, 0.05) is 5.30 Å². The summed E-state index contributed by atoms with van der Waals surface area (Å²) in [6.45, 7) is 3.81. The van der Waals surface area contributed by atoms with E-state index in [-0.39, 0.29) is 4.90 Å². The molecular weight excluding hydrogens is 471 g/mol. The van der Waals surface area contributed by atoms with Gasteiger partial charge in [0.15, 0.2) is 5.82 Å². The van der Waals surface area contributed by atoms with Gasteiger partial charge < -0.3 is 14.9 Å². The molecule has 0 aliphatic carbocycles. The highest BCUT2D eigenvalue weighted by Gasteiger charge is 2.37. The molecule has 0 amide bonds. The molecule has 11 heteroatoms. The monoisotopic (exact) mass is 492 g/mol. The SMILES string of the molecule is CCc1nn(S(=O)(=O)c2ccc(C)cc2)c2c1C(=S)NP(=S)(c1ccc(OC)cc1)N2. The number of rotatable bonds is 5. The largest absolute Gasteiger partial charge is 0.497 e. The average molecular weight is 493 g/mol. The predicted molar refractivity (Wildman–Crippen MR) is 131 cm³/mol. The van der Waals surface area contributed by atoms with Crippen molar-refractivity contribution in [1.29, 1.82) is 0 Å². The smallest absolute Gasteiger partial charge is 0.284 e. The Balaban J connectivity index is 1.86. The number of methoxy groups -OCH3 is 1. The Morgan fingerprint density at radius 3 is 2.32 bits per heavy atom. The number of hydrogen-bond acceptors (Lipinski definition) is 6. The number of ether oxygens (including phenoxy) is 1. The maximum Gasteiger partial charge on any atom is 0.284 e. The summed E-state index contributed by atoms with van der Waals surface area (Å²) in [6, 6.07) is 14.0. The van der Waals surface area contributed by atoms with Crippen LogP contribution in [0.25, 0.3) is 0 Å². The molecule has 1 aliphatic rings. The lowest BCUT2D eigenvalue weighted by molar-refractivity contribution is 0.415. The molecule has 0 radical (unpaired) electrons. The minimum absolute atomic E-state index is 0.148. The molecule has 1 aromatic heterocycles. The average Bonchev–Trinajstić information content (AvgIpc) is 3.13. The van der Waals surface area contributed by atoms with E-state index in [1.54, 1.807) is 31.4 Å². The normalized spacial score (nSPS) is 18.1. The Kier molecular flexibility index (Phi) is 5.68. The van der Waals surface area contributed by atoms with Crippen molar-refractivity contribution in [3.8, 4) is 5.75 Å². The van der Waals surface area contributed by atoms with Crippen LogP contribution in [0.2, 0.25) is 0 Å². The van der Waals surface area contributed by atoms with Gasteiger partial charge in [-0.2, -0.15) is 13.5 Å². The molecule has 31 heavy (non-hydrogen) atoms. The molecule has 1 aliphatic heterocycles. The van der Waals surface area contributed by atoms with Crippen molar-refractivity contribution < 1.29 is 13.2 Å². The van der Waals surface area contributed by atoms with Crippen molar-refractivity contribution in [2.45, 2.75) is 25.2 Å². The Morgan fingerprint density at radius 1 is 1.10 bits per heavy atom. The molecule has 0 spiro atoms. The molecule has 1 atom stereocenters. The molecule has 0 saturated carbocycles. The fraction of sp³-hybridized carbons (Fsp3) is 0.200. The number of anilines is 1. The molecule has 2 aromatic carbocycles. The van der Waals surface area contributed by atoms with E-state index in [9.17, 15) is 8.42 Å². The molecule has 4 rings (SSSR count). The molecule has 3 aromatic rings. The van der Waals surface area contributed by atoms with Gasteiger partial charge in [0.1, 0.15) is 17.1 Å². The number of nitrogens with one attached hydrogen (secondary N) is 2. The zero-order valence-electron chi connectivity index (χ0n) is 17.1. The van der Waals surface area contributed by atoms with E-state index in [4.69, 9.17) is 28.8 Å². The minimum Gasteiger partial charge on any atom is -0.497 e. The molecule has 0 bridgehead atoms. The number of hydrogen-bond donors (Lipinski definition) is 2. The van der Waals surface area contributed by atoms with Crippen LogP contribution >= 0.6 is 18.6 Å². The molecule has 2 N–H and O–H groups in total. The number of fused-ring (bicyclic) bond motifs is 1. The van der Waals surface area contributed by atoms with E-state index in [1.807, 2.05) is 38.1 Å². The number of benzene rings is 2. The van der Waals surface area contributed by atoms with Gasteiger partial charge in [-0.25, -0.2) is 0 Å². The zero-order chi connectivity index (χ0) is 22.4. The van der Waals surface area contributed by atoms with Crippen molar-refractivity contribution in [3.05, 3.63) is 65.4 Å². The van der Waals surface area contributed by atoms with Crippen molar-refractivity contribution in [3.63, 3.8) is 0 Å². The summed E-state index contributed by atoms with van der Waals surface area (Å²) in [7, 11) is -2.36. The van der Waals surface area contributed by atoms with Crippen LogP contribution in [0.5, 0.6) is 5.75 Å². The molecule has 7 nitrogen and oxygen atoms in total. The predicted octanol–water partition coefficient (Wildman–Crippen LogP) is 3.33. The summed E-state index contributed by atoms with van der Waals surface area (Å²) >= 11 is 11.6. The summed E-state index contributed by atoms with van der Waals surface area (Å²) in [5.74, 6) is 1.01. The van der Waals surface area contributed by atoms with Gasteiger partial charge >= 0.3 is 0 Å². The van der Waals surface area contributed by atoms with Gasteiger partial charge in [-0.05, 0) is 61.5 Å². The maximum atomic E-state index is 13.4. The zero-order valence-corrected chi connectivity index (χ0v) is 20.5. The van der Waals surface area contributed by atoms with Crippen molar-refractivity contribution in [1.82, 2.24) is 14.3 Å². The van der Waals surface area contributed by atoms with Crippen LogP contribution in [-0.4, -0.2) is 29.7 Å². The first-order chi connectivity index (χ1) is 14.7. The van der Waals surface area contributed by atoms with Crippen LogP contribution in [0, 0.1) is 6.92 Å². The van der Waals surface area contributed by atoms with E-state index in [0.717, 1.165) is 15.0 Å². The van der Waals surface area contributed by atoms with Crippen LogP contribution in [0.15, 0.2) is 53.4 Å². The molecule has 2 heterocycles. The van der Waals surface area contributed by atoms with Crippen molar-refractivity contribution >= 4 is 56.5 Å². The fourth-order valence-corrected chi connectivity index (χ4v) is 8.12. The van der Waals surface area contributed by atoms with Gasteiger partial charge in [-0.15, -0.1) is 4.09 Å². The van der Waals surface area contributed by atoms with Crippen LogP contribution < -0.4 is 20.2 Å². The van der Waals surface area contributed by atoms with Crippen LogP contribution in [0.3, 0.4) is 0 Å². The Hall–Kier alpha value is -2.26. The topological polar surface area (TPSA) is 85.2 Å². The lowest BCUT2D eigenvalue weighted by atomic mass is 10.2. The number of thiocarbonyl (C=S) groups is 1. The third-order valence-electron chi connectivity index (χ3n) is 5.00. The van der Waals surface area contributed by atoms with Crippen LogP contribution in [0.1, 0.15) is 23.7 Å². The quantitative estimate of drug-likeness (QED) is 0.415. The first kappa shape index (κ1) is 22.0. The molecule has 1 unspecified atom stereocenters. The van der Waals surface area contributed by atoms with Gasteiger partial charge in [-0.3, -0.25) is 0 Å². The van der Waals surface area contributed by atoms with Crippen molar-refractivity contribution in [2.75, 3.05) is 12.2 Å². The van der Waals surface area contributed by atoms with Gasteiger partial charge in [-0.1, -0.05) is 36.8 Å². The van der Waals surface area contributed by atoms with Crippen LogP contribution in [0.4, 0.5) is 5.82 Å². The molecule has 162 valence electrons. The van der Waals surface area contributed by atoms with Gasteiger partial charge in [0.05, 0.1) is 23.3 Å². The second kappa shape index (κ2) is 8.02.